The van der Waals surface area contributed by atoms with Crippen LogP contribution in [-0.4, -0.2) is 23.8 Å². The van der Waals surface area contributed by atoms with Gasteiger partial charge in [0.2, 0.25) is 0 Å². The molecule has 3 aromatic carbocycles. The number of hydrogen-bond donors (Lipinski definition) is 0. The van der Waals surface area contributed by atoms with Crippen molar-refractivity contribution in [3.05, 3.63) is 102 Å². The molecule has 3 aromatic rings. The van der Waals surface area contributed by atoms with Crippen molar-refractivity contribution < 1.29 is 13.2 Å². The van der Waals surface area contributed by atoms with Crippen molar-refractivity contribution in [1.29, 1.82) is 0 Å². The monoisotopic (exact) mass is 589 g/mol. The van der Waals surface area contributed by atoms with E-state index in [1.165, 1.54) is 12.1 Å². The molecule has 0 saturated carbocycles. The molecular weight excluding hydrogens is 558 g/mol. The van der Waals surface area contributed by atoms with Crippen LogP contribution in [0.4, 0.5) is 13.2 Å². The van der Waals surface area contributed by atoms with E-state index in [-0.39, 0.29) is 0 Å². The van der Waals surface area contributed by atoms with E-state index < -0.39 is 41.2 Å². The van der Waals surface area contributed by atoms with Crippen LogP contribution in [0, 0.1) is 0 Å². The number of isothiocyanates is 1. The molecule has 0 N–H and O–H groups in total. The Bertz CT molecular complexity index is 1100. The number of benzene rings is 3. The van der Waals surface area contributed by atoms with Gasteiger partial charge in [-0.3, -0.25) is 0 Å². The zero-order valence-corrected chi connectivity index (χ0v) is 23.7. The van der Waals surface area contributed by atoms with Crippen molar-refractivity contribution in [1.82, 2.24) is 0 Å². The van der Waals surface area contributed by atoms with Gasteiger partial charge >= 0.3 is 211 Å². The third-order valence-electron chi connectivity index (χ3n) is 6.57. The first-order valence-electron chi connectivity index (χ1n) is 11.3. The van der Waals surface area contributed by atoms with E-state index in [1.54, 1.807) is 12.1 Å². The molecule has 0 saturated heterocycles. The average molecular weight is 588 g/mol. The summed E-state index contributed by atoms with van der Waals surface area (Å²) in [4.78, 5) is 0. The van der Waals surface area contributed by atoms with Gasteiger partial charge in [0.15, 0.2) is 0 Å². The number of alkyl halides is 3. The zero-order valence-electron chi connectivity index (χ0n) is 20.0. The molecule has 0 radical (unpaired) electrons. The normalized spacial score (nSPS) is 12.8. The van der Waals surface area contributed by atoms with Crippen molar-refractivity contribution in [2.75, 3.05) is 0 Å². The van der Waals surface area contributed by atoms with Gasteiger partial charge in [-0.2, -0.15) is 0 Å². The third-order valence-corrected chi connectivity index (χ3v) is 21.2. The van der Waals surface area contributed by atoms with Gasteiger partial charge in [-0.15, -0.1) is 0 Å². The van der Waals surface area contributed by atoms with E-state index in [1.807, 2.05) is 60.7 Å². The molecule has 0 bridgehead atoms. The van der Waals surface area contributed by atoms with E-state index in [0.717, 1.165) is 11.1 Å². The molecule has 0 amide bonds. The molecule has 6 heteroatoms. The van der Waals surface area contributed by atoms with E-state index in [9.17, 15) is 13.2 Å². The standard InChI is InChI=1S/2C10H13.C7H4F3.CNS.Sn/c2*1-10(2,3)9-7-5-4-6-8-9;8-7(9,10)6-4-2-1-3-5-6;2-1-3;/h2*4-8H,1H2,2-3H3;1-4H;;/q;;;-1;+1. The number of thiocarbonyl (C=S) groups is 1. The molecule has 0 atom stereocenters. The quantitative estimate of drug-likeness (QED) is 0.148. The Balaban J connectivity index is 2.27. The summed E-state index contributed by atoms with van der Waals surface area (Å²) < 4.78 is 49.0. The van der Waals surface area contributed by atoms with E-state index in [4.69, 9.17) is 15.4 Å². The molecule has 0 aromatic heterocycles. The molecule has 0 unspecified atom stereocenters. The summed E-state index contributed by atoms with van der Waals surface area (Å²) in [6, 6.07) is 25.9. The molecule has 0 heterocycles. The van der Waals surface area contributed by atoms with Crippen LogP contribution < -0.4 is 3.58 Å². The number of halogens is 3. The minimum atomic E-state index is -4.47. The van der Waals surface area contributed by atoms with Crippen molar-refractivity contribution >= 4 is 39.6 Å². The topological polar surface area (TPSA) is 12.4 Å². The second kappa shape index (κ2) is 10.3. The minimum absolute atomic E-state index is 0.342. The zero-order chi connectivity index (χ0) is 25.0. The molecule has 0 fully saturated rings. The first kappa shape index (κ1) is 26.6. The van der Waals surface area contributed by atoms with Crippen LogP contribution in [-0.2, 0) is 17.0 Å². The summed E-state index contributed by atoms with van der Waals surface area (Å²) in [5, 5.41) is 2.57. The molecule has 0 spiro atoms. The van der Waals surface area contributed by atoms with Crippen molar-refractivity contribution in [2.45, 2.75) is 53.6 Å². The third kappa shape index (κ3) is 5.99. The van der Waals surface area contributed by atoms with Gasteiger partial charge in [-0.25, -0.2) is 0 Å². The van der Waals surface area contributed by atoms with Gasteiger partial charge in [0.05, 0.1) is 0 Å². The van der Waals surface area contributed by atoms with Crippen molar-refractivity contribution in [2.24, 2.45) is 3.21 Å². The van der Waals surface area contributed by atoms with E-state index in [0.29, 0.717) is 12.5 Å². The molecule has 3 rings (SSSR count). The Hall–Kier alpha value is -1.95. The van der Waals surface area contributed by atoms with Crippen LogP contribution in [0.15, 0.2) is 88.1 Å². The summed E-state index contributed by atoms with van der Waals surface area (Å²) in [7, 11) is 0. The van der Waals surface area contributed by atoms with Crippen molar-refractivity contribution in [3.63, 3.8) is 0 Å². The molecule has 34 heavy (non-hydrogen) atoms. The molecule has 0 aliphatic heterocycles. The van der Waals surface area contributed by atoms with Gasteiger partial charge in [-0.1, -0.05) is 0 Å². The Kier molecular flexibility index (Phi) is 8.11. The first-order chi connectivity index (χ1) is 15.9. The Morgan fingerprint density at radius 3 is 1.53 bits per heavy atom. The van der Waals surface area contributed by atoms with Crippen LogP contribution in [0.25, 0.3) is 0 Å². The molecule has 0 aliphatic carbocycles. The molecule has 1 nitrogen and oxygen atoms in total. The maximum absolute atomic E-state index is 14.3. The Labute approximate surface area is 210 Å². The predicted molar refractivity (Wildman–Crippen MR) is 140 cm³/mol. The van der Waals surface area contributed by atoms with Gasteiger partial charge in [0.1, 0.15) is 0 Å². The van der Waals surface area contributed by atoms with Crippen LogP contribution >= 0.6 is 12.2 Å². The Morgan fingerprint density at radius 1 is 0.706 bits per heavy atom. The summed E-state index contributed by atoms with van der Waals surface area (Å²) >= 11 is 0.792. The fraction of sp³-hybridized carbons (Fsp3) is 0.321. The van der Waals surface area contributed by atoms with Gasteiger partial charge in [0, 0.05) is 0 Å². The molecule has 178 valence electrons. The average Bonchev–Trinajstić information content (AvgIpc) is 2.79. The Morgan fingerprint density at radius 2 is 1.12 bits per heavy atom. The van der Waals surface area contributed by atoms with Crippen molar-refractivity contribution in [3.8, 4) is 0 Å². The first-order valence-corrected chi connectivity index (χ1v) is 18.4. The van der Waals surface area contributed by atoms with E-state index >= 15 is 0 Å². The molecule has 0 aliphatic rings. The second-order valence-corrected chi connectivity index (χ2v) is 20.4. The van der Waals surface area contributed by atoms with Crippen LogP contribution in [0.2, 0.25) is 8.87 Å². The fourth-order valence-corrected chi connectivity index (χ4v) is 21.7. The van der Waals surface area contributed by atoms with Crippen LogP contribution in [0.3, 0.4) is 0 Å². The molecular formula is C28H30F3NSSn. The van der Waals surface area contributed by atoms with Gasteiger partial charge < -0.3 is 0 Å². The number of nitrogens with zero attached hydrogens (tertiary/aromatic N) is 1. The summed E-state index contributed by atoms with van der Waals surface area (Å²) in [5.41, 5.74) is 0.791. The summed E-state index contributed by atoms with van der Waals surface area (Å²) in [6.07, 6.45) is -4.47. The maximum atomic E-state index is 14.3. The number of rotatable bonds is 8. The van der Waals surface area contributed by atoms with Gasteiger partial charge in [-0.05, 0) is 0 Å². The predicted octanol–water partition coefficient (Wildman–Crippen LogP) is 7.92. The van der Waals surface area contributed by atoms with Gasteiger partial charge in [0.25, 0.3) is 0 Å². The number of hydrogen-bond acceptors (Lipinski definition) is 2. The van der Waals surface area contributed by atoms with Crippen LogP contribution in [0.1, 0.15) is 44.4 Å². The second-order valence-electron chi connectivity index (χ2n) is 10.1. The summed E-state index contributed by atoms with van der Waals surface area (Å²) in [6.45, 7) is 8.38. The van der Waals surface area contributed by atoms with E-state index in [2.05, 4.69) is 32.9 Å². The van der Waals surface area contributed by atoms with Crippen LogP contribution in [0.5, 0.6) is 0 Å². The fourth-order valence-electron chi connectivity index (χ4n) is 5.06. The summed E-state index contributed by atoms with van der Waals surface area (Å²) in [5.74, 6) is 0. The SMILES string of the molecule is CC(C)([CH2][Sn]([CH2]C(C)(C)c1ccccc1)([N]=C=S)[c]1ccccc1C(F)(F)F)c1ccccc1.